The van der Waals surface area contributed by atoms with Gasteiger partial charge in [0.15, 0.2) is 9.84 Å². The minimum Gasteiger partial charge on any atom is -0.481 e. The number of nitrogens with zero attached hydrogens (tertiary/aromatic N) is 2. The van der Waals surface area contributed by atoms with Gasteiger partial charge in [-0.2, -0.15) is 4.98 Å². The largest absolute Gasteiger partial charge is 0.481 e. The van der Waals surface area contributed by atoms with Crippen LogP contribution in [0.3, 0.4) is 0 Å². The van der Waals surface area contributed by atoms with Crippen LogP contribution in [0.2, 0.25) is 0 Å². The maximum Gasteiger partial charge on any atom is 0.348 e. The Morgan fingerprint density at radius 2 is 1.95 bits per heavy atom. The molecule has 0 aliphatic rings. The van der Waals surface area contributed by atoms with Crippen LogP contribution < -0.4 is 5.69 Å². The summed E-state index contributed by atoms with van der Waals surface area (Å²) < 4.78 is 24.2. The van der Waals surface area contributed by atoms with E-state index in [-0.39, 0.29) is 24.5 Å². The summed E-state index contributed by atoms with van der Waals surface area (Å²) in [4.78, 5) is 26.4. The van der Waals surface area contributed by atoms with E-state index >= 15 is 0 Å². The lowest BCUT2D eigenvalue weighted by Gasteiger charge is -2.14. The van der Waals surface area contributed by atoms with Gasteiger partial charge in [-0.3, -0.25) is 9.36 Å². The van der Waals surface area contributed by atoms with Gasteiger partial charge in [0, 0.05) is 29.2 Å². The number of carboxylic acid groups (broad SMARTS) is 1. The van der Waals surface area contributed by atoms with Gasteiger partial charge in [-0.1, -0.05) is 6.92 Å². The van der Waals surface area contributed by atoms with E-state index in [2.05, 4.69) is 4.98 Å². The Kier molecular flexibility index (Phi) is 5.04. The number of hydrogen-bond donors (Lipinski definition) is 1. The molecule has 20 heavy (non-hydrogen) atoms. The van der Waals surface area contributed by atoms with Crippen LogP contribution in [0.4, 0.5) is 0 Å². The molecule has 1 rings (SSSR count). The van der Waals surface area contributed by atoms with Crippen LogP contribution in [0, 0.1) is 13.8 Å². The number of aryl methyl sites for hydroxylation is 1. The first-order valence-electron chi connectivity index (χ1n) is 6.17. The summed E-state index contributed by atoms with van der Waals surface area (Å²) in [6, 6.07) is 0. The maximum absolute atomic E-state index is 11.8. The summed E-state index contributed by atoms with van der Waals surface area (Å²) in [6.45, 7) is 4.70. The van der Waals surface area contributed by atoms with Crippen molar-refractivity contribution in [3.8, 4) is 0 Å². The van der Waals surface area contributed by atoms with Crippen LogP contribution in [0.25, 0.3) is 0 Å². The zero-order chi connectivity index (χ0) is 15.5. The van der Waals surface area contributed by atoms with Gasteiger partial charge in [-0.15, -0.1) is 0 Å². The molecule has 0 spiro atoms. The Balaban J connectivity index is 3.20. The fourth-order valence-electron chi connectivity index (χ4n) is 1.88. The van der Waals surface area contributed by atoms with Gasteiger partial charge in [0.05, 0.1) is 12.2 Å². The number of rotatable bonds is 6. The lowest BCUT2D eigenvalue weighted by Crippen LogP contribution is -2.31. The van der Waals surface area contributed by atoms with Crippen molar-refractivity contribution < 1.29 is 18.3 Å². The second-order valence-corrected chi connectivity index (χ2v) is 6.98. The molecule has 112 valence electrons. The lowest BCUT2D eigenvalue weighted by atomic mass is 10.1. The molecule has 0 unspecified atom stereocenters. The quantitative estimate of drug-likeness (QED) is 0.788. The highest BCUT2D eigenvalue weighted by Crippen LogP contribution is 2.10. The summed E-state index contributed by atoms with van der Waals surface area (Å²) >= 11 is 0. The van der Waals surface area contributed by atoms with Crippen LogP contribution in [-0.2, 0) is 27.6 Å². The lowest BCUT2D eigenvalue weighted by molar-refractivity contribution is -0.136. The van der Waals surface area contributed by atoms with Gasteiger partial charge in [-0.05, 0) is 13.8 Å². The van der Waals surface area contributed by atoms with Crippen molar-refractivity contribution in [3.63, 3.8) is 0 Å². The molecule has 0 bridgehead atoms. The van der Waals surface area contributed by atoms with Gasteiger partial charge in [-0.25, -0.2) is 13.2 Å². The van der Waals surface area contributed by atoms with Crippen molar-refractivity contribution in [2.45, 2.75) is 33.7 Å². The smallest absolute Gasteiger partial charge is 0.348 e. The van der Waals surface area contributed by atoms with Gasteiger partial charge >= 0.3 is 11.7 Å². The molecule has 0 amide bonds. The molecule has 1 aromatic heterocycles. The maximum atomic E-state index is 11.8. The third-order valence-electron chi connectivity index (χ3n) is 3.17. The summed E-state index contributed by atoms with van der Waals surface area (Å²) in [7, 11) is -3.20. The first kappa shape index (κ1) is 16.4. The highest BCUT2D eigenvalue weighted by Gasteiger charge is 2.16. The van der Waals surface area contributed by atoms with Gasteiger partial charge in [0.2, 0.25) is 0 Å². The third kappa shape index (κ3) is 3.89. The molecular formula is C12H18N2O5S. The molecule has 0 atom stereocenters. The number of sulfone groups is 1. The van der Waals surface area contributed by atoms with Crippen LogP contribution >= 0.6 is 0 Å². The number of carboxylic acids is 1. The van der Waals surface area contributed by atoms with Crippen molar-refractivity contribution in [3.05, 3.63) is 27.4 Å². The Bertz CT molecular complexity index is 676. The highest BCUT2D eigenvalue weighted by molar-refractivity contribution is 7.91. The number of carbonyl (C=O) groups is 1. The fourth-order valence-corrected chi connectivity index (χ4v) is 2.63. The van der Waals surface area contributed by atoms with E-state index in [0.717, 1.165) is 0 Å². The van der Waals surface area contributed by atoms with E-state index in [4.69, 9.17) is 5.11 Å². The van der Waals surface area contributed by atoms with Crippen LogP contribution in [-0.4, -0.2) is 40.6 Å². The predicted molar refractivity (Wildman–Crippen MR) is 73.6 cm³/mol. The van der Waals surface area contributed by atoms with E-state index in [1.165, 1.54) is 11.5 Å². The zero-order valence-electron chi connectivity index (χ0n) is 11.7. The minimum atomic E-state index is -3.20. The van der Waals surface area contributed by atoms with Crippen molar-refractivity contribution in [2.75, 3.05) is 11.5 Å². The SMILES string of the molecule is CCS(=O)(=O)CCn1c(C)c(CC(=O)O)c(C)nc1=O. The molecule has 0 aliphatic carbocycles. The molecule has 0 aromatic carbocycles. The topological polar surface area (TPSA) is 106 Å². The molecule has 0 fully saturated rings. The second-order valence-electron chi connectivity index (χ2n) is 4.50. The molecule has 1 aromatic rings. The summed E-state index contributed by atoms with van der Waals surface area (Å²) in [5.74, 6) is -1.19. The summed E-state index contributed by atoms with van der Waals surface area (Å²) in [5, 5.41) is 8.86. The summed E-state index contributed by atoms with van der Waals surface area (Å²) in [5.41, 5.74) is 0.715. The van der Waals surface area contributed by atoms with Crippen LogP contribution in [0.15, 0.2) is 4.79 Å². The molecule has 8 heteroatoms. The molecule has 1 heterocycles. The molecule has 0 aliphatic heterocycles. The Labute approximate surface area is 117 Å². The van der Waals surface area contributed by atoms with E-state index < -0.39 is 21.5 Å². The molecule has 0 radical (unpaired) electrons. The van der Waals surface area contributed by atoms with E-state index in [0.29, 0.717) is 17.0 Å². The van der Waals surface area contributed by atoms with Crippen molar-refractivity contribution >= 4 is 15.8 Å². The number of aromatic nitrogens is 2. The normalized spacial score (nSPS) is 11.6. The average molecular weight is 302 g/mol. The average Bonchev–Trinajstić information content (AvgIpc) is 2.33. The monoisotopic (exact) mass is 302 g/mol. The molecular weight excluding hydrogens is 284 g/mol. The first-order chi connectivity index (χ1) is 9.18. The third-order valence-corrected chi connectivity index (χ3v) is 4.85. The van der Waals surface area contributed by atoms with E-state index in [9.17, 15) is 18.0 Å². The van der Waals surface area contributed by atoms with Crippen LogP contribution in [0.1, 0.15) is 23.9 Å². The predicted octanol–water partition coefficient (Wildman–Crippen LogP) is -0.0781. The molecule has 7 nitrogen and oxygen atoms in total. The Morgan fingerprint density at radius 3 is 2.45 bits per heavy atom. The highest BCUT2D eigenvalue weighted by atomic mass is 32.2. The minimum absolute atomic E-state index is 0.00205. The molecule has 1 N–H and O–H groups in total. The number of hydrogen-bond acceptors (Lipinski definition) is 5. The van der Waals surface area contributed by atoms with E-state index in [1.807, 2.05) is 0 Å². The van der Waals surface area contributed by atoms with Gasteiger partial charge in [0.1, 0.15) is 0 Å². The molecule has 0 saturated carbocycles. The zero-order valence-corrected chi connectivity index (χ0v) is 12.5. The van der Waals surface area contributed by atoms with E-state index in [1.54, 1.807) is 13.8 Å². The van der Waals surface area contributed by atoms with Gasteiger partial charge < -0.3 is 5.11 Å². The fraction of sp³-hybridized carbons (Fsp3) is 0.583. The Morgan fingerprint density at radius 1 is 1.35 bits per heavy atom. The standard InChI is InChI=1S/C12H18N2O5S/c1-4-20(18,19)6-5-14-9(3)10(7-11(15)16)8(2)13-12(14)17/h4-7H2,1-3H3,(H,15,16). The van der Waals surface area contributed by atoms with Gasteiger partial charge in [0.25, 0.3) is 0 Å². The molecule has 0 saturated heterocycles. The summed E-state index contributed by atoms with van der Waals surface area (Å²) in [6.07, 6.45) is -0.245. The first-order valence-corrected chi connectivity index (χ1v) is 7.99. The van der Waals surface area contributed by atoms with Crippen molar-refractivity contribution in [1.29, 1.82) is 0 Å². The van der Waals surface area contributed by atoms with Crippen molar-refractivity contribution in [2.24, 2.45) is 0 Å². The Hall–Kier alpha value is -1.70. The van der Waals surface area contributed by atoms with Crippen molar-refractivity contribution in [1.82, 2.24) is 9.55 Å². The van der Waals surface area contributed by atoms with Crippen LogP contribution in [0.5, 0.6) is 0 Å². The number of aliphatic carboxylic acids is 1. The second kappa shape index (κ2) is 6.17.